The summed E-state index contributed by atoms with van der Waals surface area (Å²) < 4.78 is 5.55. The molecule has 0 aliphatic rings. The molecule has 0 aliphatic heterocycles. The van der Waals surface area contributed by atoms with Gasteiger partial charge in [0.1, 0.15) is 0 Å². The summed E-state index contributed by atoms with van der Waals surface area (Å²) in [7, 11) is 0. The number of hydroxylamine groups is 1. The van der Waals surface area contributed by atoms with E-state index in [4.69, 9.17) is 9.25 Å². The zero-order valence-corrected chi connectivity index (χ0v) is 9.84. The van der Waals surface area contributed by atoms with Gasteiger partial charge in [0.2, 0.25) is 0 Å². The third-order valence-electron chi connectivity index (χ3n) is 1.25. The van der Waals surface area contributed by atoms with Crippen molar-refractivity contribution in [1.29, 1.82) is 0 Å². The topological polar surface area (TPSA) is 51.5 Å². The standard InChI is InChI=1S/C9H12BrNO3/c1-9(2,3)14-11-8(12)6-4-5-7(10)13-6/h4-5H,1-3H3,(H,11,12). The van der Waals surface area contributed by atoms with Crippen LogP contribution in [0, 0.1) is 0 Å². The van der Waals surface area contributed by atoms with Crippen molar-refractivity contribution in [2.24, 2.45) is 0 Å². The summed E-state index contributed by atoms with van der Waals surface area (Å²) in [5.74, 6) is -0.188. The molecule has 1 rings (SSSR count). The molecule has 0 saturated carbocycles. The van der Waals surface area contributed by atoms with Crippen molar-refractivity contribution in [3.05, 3.63) is 22.6 Å². The van der Waals surface area contributed by atoms with Gasteiger partial charge in [0.15, 0.2) is 10.4 Å². The molecule has 0 spiro atoms. The van der Waals surface area contributed by atoms with Crippen molar-refractivity contribution < 1.29 is 14.0 Å². The number of nitrogens with one attached hydrogen (secondary N) is 1. The first-order valence-electron chi connectivity index (χ1n) is 4.12. The molecule has 4 nitrogen and oxygen atoms in total. The molecule has 14 heavy (non-hydrogen) atoms. The molecule has 0 bridgehead atoms. The van der Waals surface area contributed by atoms with E-state index in [0.29, 0.717) is 4.67 Å². The molecule has 1 aromatic heterocycles. The smallest absolute Gasteiger partial charge is 0.310 e. The Balaban J connectivity index is 2.52. The van der Waals surface area contributed by atoms with E-state index in [1.807, 2.05) is 20.8 Å². The lowest BCUT2D eigenvalue weighted by Gasteiger charge is -2.18. The maximum Gasteiger partial charge on any atom is 0.310 e. The number of carbonyl (C=O) groups excluding carboxylic acids is 1. The van der Waals surface area contributed by atoms with Crippen LogP contribution in [0.4, 0.5) is 0 Å². The molecule has 78 valence electrons. The number of amides is 1. The average Bonchev–Trinajstić information content (AvgIpc) is 2.46. The SMILES string of the molecule is CC(C)(C)ONC(=O)c1ccc(Br)o1. The number of halogens is 1. The van der Waals surface area contributed by atoms with E-state index in [9.17, 15) is 4.79 Å². The van der Waals surface area contributed by atoms with E-state index in [-0.39, 0.29) is 5.76 Å². The molecular formula is C9H12BrNO3. The second-order valence-corrected chi connectivity index (χ2v) is 4.53. The average molecular weight is 262 g/mol. The van der Waals surface area contributed by atoms with Crippen LogP contribution in [0.2, 0.25) is 0 Å². The summed E-state index contributed by atoms with van der Waals surface area (Å²) in [5.41, 5.74) is 1.88. The quantitative estimate of drug-likeness (QED) is 0.833. The normalized spacial score (nSPS) is 11.4. The van der Waals surface area contributed by atoms with Gasteiger partial charge >= 0.3 is 5.91 Å². The molecule has 0 aromatic carbocycles. The highest BCUT2D eigenvalue weighted by molar-refractivity contribution is 9.10. The van der Waals surface area contributed by atoms with E-state index in [1.54, 1.807) is 12.1 Å². The van der Waals surface area contributed by atoms with Crippen LogP contribution in [0.25, 0.3) is 0 Å². The fourth-order valence-corrected chi connectivity index (χ4v) is 0.993. The second kappa shape index (κ2) is 4.14. The van der Waals surface area contributed by atoms with Gasteiger partial charge in [0.05, 0.1) is 5.60 Å². The highest BCUT2D eigenvalue weighted by Crippen LogP contribution is 2.14. The van der Waals surface area contributed by atoms with Gasteiger partial charge < -0.3 is 4.42 Å². The highest BCUT2D eigenvalue weighted by atomic mass is 79.9. The molecule has 1 N–H and O–H groups in total. The second-order valence-electron chi connectivity index (χ2n) is 3.75. The third kappa shape index (κ3) is 3.51. The Bertz CT molecular complexity index is 327. The lowest BCUT2D eigenvalue weighted by Crippen LogP contribution is -2.33. The van der Waals surface area contributed by atoms with Crippen molar-refractivity contribution in [3.63, 3.8) is 0 Å². The lowest BCUT2D eigenvalue weighted by atomic mass is 10.2. The number of carbonyl (C=O) groups is 1. The van der Waals surface area contributed by atoms with Crippen molar-refractivity contribution >= 4 is 21.8 Å². The summed E-state index contributed by atoms with van der Waals surface area (Å²) in [6, 6.07) is 3.21. The van der Waals surface area contributed by atoms with Crippen LogP contribution in [-0.4, -0.2) is 11.5 Å². The summed E-state index contributed by atoms with van der Waals surface area (Å²) in [6.07, 6.45) is 0. The summed E-state index contributed by atoms with van der Waals surface area (Å²) >= 11 is 3.10. The molecule has 0 atom stereocenters. The Labute approximate surface area is 90.7 Å². The molecular weight excluding hydrogens is 250 g/mol. The molecule has 0 fully saturated rings. The van der Waals surface area contributed by atoms with Crippen LogP contribution in [0.1, 0.15) is 31.3 Å². The van der Waals surface area contributed by atoms with Crippen LogP contribution in [-0.2, 0) is 4.84 Å². The highest BCUT2D eigenvalue weighted by Gasteiger charge is 2.15. The Kier molecular flexibility index (Phi) is 3.34. The van der Waals surface area contributed by atoms with Gasteiger partial charge in [-0.3, -0.25) is 9.63 Å². The van der Waals surface area contributed by atoms with Crippen molar-refractivity contribution in [2.75, 3.05) is 0 Å². The summed E-state index contributed by atoms with van der Waals surface area (Å²) in [5, 5.41) is 0. The number of hydrogen-bond acceptors (Lipinski definition) is 3. The Morgan fingerprint density at radius 3 is 2.57 bits per heavy atom. The Morgan fingerprint density at radius 2 is 2.14 bits per heavy atom. The Hall–Kier alpha value is -0.810. The zero-order chi connectivity index (χ0) is 10.8. The fourth-order valence-electron chi connectivity index (χ4n) is 0.686. The lowest BCUT2D eigenvalue weighted by molar-refractivity contribution is -0.0598. The molecule has 0 radical (unpaired) electrons. The molecule has 0 saturated heterocycles. The predicted molar refractivity (Wildman–Crippen MR) is 54.7 cm³/mol. The molecule has 0 aliphatic carbocycles. The molecule has 1 amide bonds. The van der Waals surface area contributed by atoms with Gasteiger partial charge in [-0.25, -0.2) is 5.48 Å². The molecule has 1 aromatic rings. The predicted octanol–water partition coefficient (Wildman–Crippen LogP) is 2.50. The van der Waals surface area contributed by atoms with Crippen molar-refractivity contribution in [3.8, 4) is 0 Å². The largest absolute Gasteiger partial charge is 0.444 e. The van der Waals surface area contributed by atoms with Gasteiger partial charge in [-0.15, -0.1) is 0 Å². The first-order chi connectivity index (χ1) is 6.38. The Morgan fingerprint density at radius 1 is 1.50 bits per heavy atom. The van der Waals surface area contributed by atoms with E-state index in [0.717, 1.165) is 0 Å². The summed E-state index contributed by atoms with van der Waals surface area (Å²) in [4.78, 5) is 16.4. The maximum absolute atomic E-state index is 11.4. The van der Waals surface area contributed by atoms with Crippen LogP contribution in [0.5, 0.6) is 0 Å². The minimum absolute atomic E-state index is 0.209. The monoisotopic (exact) mass is 261 g/mol. The maximum atomic E-state index is 11.4. The van der Waals surface area contributed by atoms with Crippen molar-refractivity contribution in [2.45, 2.75) is 26.4 Å². The minimum Gasteiger partial charge on any atom is -0.444 e. The number of hydrogen-bond donors (Lipinski definition) is 1. The molecule has 1 heterocycles. The third-order valence-corrected chi connectivity index (χ3v) is 1.67. The minimum atomic E-state index is -0.417. The van der Waals surface area contributed by atoms with Crippen LogP contribution < -0.4 is 5.48 Å². The van der Waals surface area contributed by atoms with Crippen molar-refractivity contribution in [1.82, 2.24) is 5.48 Å². The number of furan rings is 1. The van der Waals surface area contributed by atoms with E-state index >= 15 is 0 Å². The van der Waals surface area contributed by atoms with E-state index in [2.05, 4.69) is 21.4 Å². The first kappa shape index (κ1) is 11.3. The zero-order valence-electron chi connectivity index (χ0n) is 8.26. The van der Waals surface area contributed by atoms with Gasteiger partial charge in [0.25, 0.3) is 0 Å². The van der Waals surface area contributed by atoms with Crippen LogP contribution in [0.15, 0.2) is 21.2 Å². The molecule has 0 unspecified atom stereocenters. The molecule has 5 heteroatoms. The number of rotatable bonds is 2. The van der Waals surface area contributed by atoms with E-state index in [1.165, 1.54) is 0 Å². The van der Waals surface area contributed by atoms with E-state index < -0.39 is 11.5 Å². The van der Waals surface area contributed by atoms with Gasteiger partial charge in [-0.1, -0.05) is 0 Å². The van der Waals surface area contributed by atoms with Crippen LogP contribution in [0.3, 0.4) is 0 Å². The first-order valence-corrected chi connectivity index (χ1v) is 4.91. The van der Waals surface area contributed by atoms with Gasteiger partial charge in [0, 0.05) is 0 Å². The van der Waals surface area contributed by atoms with Gasteiger partial charge in [-0.05, 0) is 48.8 Å². The van der Waals surface area contributed by atoms with Crippen LogP contribution >= 0.6 is 15.9 Å². The summed E-state index contributed by atoms with van der Waals surface area (Å²) in [6.45, 7) is 5.52. The fraction of sp³-hybridized carbons (Fsp3) is 0.444. The van der Waals surface area contributed by atoms with Gasteiger partial charge in [-0.2, -0.15) is 0 Å².